The average molecular weight is 236 g/mol. The summed E-state index contributed by atoms with van der Waals surface area (Å²) in [5.74, 6) is -1.00. The largest absolute Gasteiger partial charge is 0.480 e. The molecule has 1 aromatic rings. The minimum Gasteiger partial charge on any atom is -0.480 e. The van der Waals surface area contributed by atoms with E-state index in [4.69, 9.17) is 10.8 Å². The molecule has 5 heteroatoms. The van der Waals surface area contributed by atoms with Crippen molar-refractivity contribution in [2.45, 2.75) is 6.04 Å². The van der Waals surface area contributed by atoms with Crippen molar-refractivity contribution in [2.24, 2.45) is 5.73 Å². The zero-order chi connectivity index (χ0) is 8.43. The van der Waals surface area contributed by atoms with Crippen LogP contribution in [0.4, 0.5) is 0 Å². The lowest BCUT2D eigenvalue weighted by Gasteiger charge is -2.00. The number of carboxylic acids is 1. The van der Waals surface area contributed by atoms with Gasteiger partial charge in [0.05, 0.1) is 3.79 Å². The molecule has 1 atom stereocenters. The van der Waals surface area contributed by atoms with E-state index in [0.29, 0.717) is 4.88 Å². The third kappa shape index (κ3) is 2.02. The second-order valence-electron chi connectivity index (χ2n) is 1.96. The van der Waals surface area contributed by atoms with Crippen molar-refractivity contribution in [3.8, 4) is 0 Å². The summed E-state index contributed by atoms with van der Waals surface area (Å²) in [5.41, 5.74) is 5.34. The number of hydrogen-bond acceptors (Lipinski definition) is 3. The Balaban J connectivity index is 2.84. The lowest BCUT2D eigenvalue weighted by Crippen LogP contribution is -2.19. The van der Waals surface area contributed by atoms with Crippen molar-refractivity contribution in [1.82, 2.24) is 0 Å². The van der Waals surface area contributed by atoms with Gasteiger partial charge in [-0.1, -0.05) is 0 Å². The number of rotatable bonds is 2. The predicted octanol–water partition coefficient (Wildman–Crippen LogP) is 1.59. The highest BCUT2D eigenvalue weighted by Gasteiger charge is 2.15. The molecule has 1 rings (SSSR count). The molecule has 0 unspecified atom stereocenters. The minimum absolute atomic E-state index is 0.657. The van der Waals surface area contributed by atoms with Crippen molar-refractivity contribution in [3.63, 3.8) is 0 Å². The third-order valence-corrected chi connectivity index (χ3v) is 2.87. The molecule has 0 fully saturated rings. The molecule has 1 heterocycles. The first-order chi connectivity index (χ1) is 5.11. The molecule has 11 heavy (non-hydrogen) atoms. The van der Waals surface area contributed by atoms with Gasteiger partial charge in [-0.3, -0.25) is 4.79 Å². The maximum Gasteiger partial charge on any atom is 0.325 e. The molecule has 3 N–H and O–H groups in total. The van der Waals surface area contributed by atoms with Gasteiger partial charge in [-0.15, -0.1) is 11.3 Å². The van der Waals surface area contributed by atoms with E-state index in [1.54, 1.807) is 12.1 Å². The van der Waals surface area contributed by atoms with Crippen LogP contribution < -0.4 is 5.73 Å². The van der Waals surface area contributed by atoms with E-state index in [0.717, 1.165) is 3.79 Å². The zero-order valence-electron chi connectivity index (χ0n) is 5.45. The molecule has 60 valence electrons. The van der Waals surface area contributed by atoms with Gasteiger partial charge in [0.15, 0.2) is 0 Å². The fourth-order valence-electron chi connectivity index (χ4n) is 0.617. The molecule has 0 saturated carbocycles. The zero-order valence-corrected chi connectivity index (χ0v) is 7.85. The van der Waals surface area contributed by atoms with Crippen LogP contribution >= 0.6 is 27.3 Å². The number of nitrogens with two attached hydrogens (primary N) is 1. The second-order valence-corrected chi connectivity index (χ2v) is 4.45. The van der Waals surface area contributed by atoms with Crippen LogP contribution in [-0.2, 0) is 4.79 Å². The van der Waals surface area contributed by atoms with Gasteiger partial charge in [0.25, 0.3) is 0 Å². The van der Waals surface area contributed by atoms with E-state index in [1.807, 2.05) is 0 Å². The molecule has 0 spiro atoms. The summed E-state index contributed by atoms with van der Waals surface area (Å²) < 4.78 is 0.893. The van der Waals surface area contributed by atoms with E-state index < -0.39 is 12.0 Å². The van der Waals surface area contributed by atoms with Crippen LogP contribution in [-0.4, -0.2) is 11.1 Å². The Labute approximate surface area is 76.0 Å². The maximum atomic E-state index is 10.4. The molecule has 0 aliphatic heterocycles. The Kier molecular flexibility index (Phi) is 2.64. The average Bonchev–Trinajstić information content (AvgIpc) is 2.34. The Morgan fingerprint density at radius 2 is 2.36 bits per heavy atom. The van der Waals surface area contributed by atoms with Gasteiger partial charge in [0.1, 0.15) is 6.04 Å². The molecule has 0 aliphatic rings. The monoisotopic (exact) mass is 235 g/mol. The first-order valence-electron chi connectivity index (χ1n) is 2.85. The summed E-state index contributed by atoms with van der Waals surface area (Å²) in [6, 6.07) is 2.59. The highest BCUT2D eigenvalue weighted by Crippen LogP contribution is 2.25. The van der Waals surface area contributed by atoms with E-state index >= 15 is 0 Å². The van der Waals surface area contributed by atoms with Crippen LogP contribution in [0.25, 0.3) is 0 Å². The Bertz CT molecular complexity index is 273. The Morgan fingerprint density at radius 3 is 2.73 bits per heavy atom. The third-order valence-electron chi connectivity index (χ3n) is 1.17. The first kappa shape index (κ1) is 8.70. The molecule has 3 nitrogen and oxygen atoms in total. The lowest BCUT2D eigenvalue weighted by molar-refractivity contribution is -0.138. The van der Waals surface area contributed by atoms with E-state index in [9.17, 15) is 4.79 Å². The van der Waals surface area contributed by atoms with Crippen LogP contribution in [0.5, 0.6) is 0 Å². The Morgan fingerprint density at radius 1 is 1.73 bits per heavy atom. The van der Waals surface area contributed by atoms with Crippen molar-refractivity contribution < 1.29 is 9.90 Å². The van der Waals surface area contributed by atoms with Gasteiger partial charge in [-0.05, 0) is 28.1 Å². The van der Waals surface area contributed by atoms with Crippen molar-refractivity contribution >= 4 is 33.2 Å². The number of halogens is 1. The number of carboxylic acid groups (broad SMARTS) is 1. The summed E-state index contributed by atoms with van der Waals surface area (Å²) in [6.45, 7) is 0. The van der Waals surface area contributed by atoms with Crippen molar-refractivity contribution in [3.05, 3.63) is 20.8 Å². The van der Waals surface area contributed by atoms with Gasteiger partial charge in [0, 0.05) is 4.88 Å². The van der Waals surface area contributed by atoms with Gasteiger partial charge in [-0.25, -0.2) is 0 Å². The summed E-state index contributed by atoms with van der Waals surface area (Å²) in [6.07, 6.45) is 0. The smallest absolute Gasteiger partial charge is 0.325 e. The minimum atomic E-state index is -1.00. The summed E-state index contributed by atoms with van der Waals surface area (Å²) in [5, 5.41) is 8.51. The Hall–Kier alpha value is -0.390. The second kappa shape index (κ2) is 3.34. The normalized spacial score (nSPS) is 12.9. The highest BCUT2D eigenvalue weighted by atomic mass is 79.9. The topological polar surface area (TPSA) is 63.3 Å². The van der Waals surface area contributed by atoms with E-state index in [1.165, 1.54) is 11.3 Å². The van der Waals surface area contributed by atoms with Crippen LogP contribution in [0.2, 0.25) is 0 Å². The molecule has 0 bridgehead atoms. The molecule has 0 aliphatic carbocycles. The first-order valence-corrected chi connectivity index (χ1v) is 4.46. The van der Waals surface area contributed by atoms with Gasteiger partial charge >= 0.3 is 5.97 Å². The molecule has 0 radical (unpaired) electrons. The molecular weight excluding hydrogens is 230 g/mol. The quantitative estimate of drug-likeness (QED) is 0.819. The number of aliphatic carboxylic acids is 1. The summed E-state index contributed by atoms with van der Waals surface area (Å²) in [4.78, 5) is 11.0. The van der Waals surface area contributed by atoms with Crippen molar-refractivity contribution in [1.29, 1.82) is 0 Å². The van der Waals surface area contributed by atoms with Gasteiger partial charge in [-0.2, -0.15) is 0 Å². The predicted molar refractivity (Wildman–Crippen MR) is 46.6 cm³/mol. The molecular formula is C6H6BrNO2S. The number of carbonyl (C=O) groups is 1. The summed E-state index contributed by atoms with van der Waals surface area (Å²) in [7, 11) is 0. The number of thiophene rings is 1. The molecule has 0 saturated heterocycles. The molecule has 1 aromatic heterocycles. The van der Waals surface area contributed by atoms with Gasteiger partial charge in [0.2, 0.25) is 0 Å². The van der Waals surface area contributed by atoms with E-state index in [-0.39, 0.29) is 0 Å². The van der Waals surface area contributed by atoms with Crippen LogP contribution in [0.1, 0.15) is 10.9 Å². The fraction of sp³-hybridized carbons (Fsp3) is 0.167. The van der Waals surface area contributed by atoms with Crippen molar-refractivity contribution in [2.75, 3.05) is 0 Å². The highest BCUT2D eigenvalue weighted by molar-refractivity contribution is 9.11. The molecule has 0 aromatic carbocycles. The van der Waals surface area contributed by atoms with Gasteiger partial charge < -0.3 is 10.8 Å². The lowest BCUT2D eigenvalue weighted by atomic mass is 10.3. The number of hydrogen-bond donors (Lipinski definition) is 2. The summed E-state index contributed by atoms with van der Waals surface area (Å²) >= 11 is 4.55. The fourth-order valence-corrected chi connectivity index (χ4v) is 2.04. The maximum absolute atomic E-state index is 10.4. The van der Waals surface area contributed by atoms with Crippen LogP contribution in [0.15, 0.2) is 15.9 Å². The van der Waals surface area contributed by atoms with E-state index in [2.05, 4.69) is 15.9 Å². The van der Waals surface area contributed by atoms with Crippen LogP contribution in [0, 0.1) is 0 Å². The standard InChI is InChI=1S/C6H6BrNO2S/c7-4-2-1-3(11-4)5(8)6(9)10/h1-2,5H,8H2,(H,9,10)/t5-/m1/s1. The SMILES string of the molecule is N[C@@H](C(=O)O)c1ccc(Br)s1. The van der Waals surface area contributed by atoms with Crippen LogP contribution in [0.3, 0.4) is 0 Å². The molecule has 0 amide bonds.